The first-order valence-corrected chi connectivity index (χ1v) is 36.1. The van der Waals surface area contributed by atoms with Gasteiger partial charge in [0.15, 0.2) is 11.4 Å². The molecule has 7 aliphatic heterocycles. The summed E-state index contributed by atoms with van der Waals surface area (Å²) in [6.07, 6.45) is 48.3. The number of nitrogens with zero attached hydrogens (tertiary/aromatic N) is 2. The summed E-state index contributed by atoms with van der Waals surface area (Å²) < 4.78 is 15.3. The molecule has 3 N–H and O–H groups in total. The predicted molar refractivity (Wildman–Crippen MR) is 327 cm³/mol. The molecule has 19 aliphatic rings. The molecule has 0 amide bonds. The Morgan fingerprint density at radius 1 is 0.765 bits per heavy atom. The molecule has 20 atom stereocenters. The van der Waals surface area contributed by atoms with Crippen molar-refractivity contribution < 1.29 is 24.2 Å². The number of allylic oxidation sites excluding steroid dienone is 6. The summed E-state index contributed by atoms with van der Waals surface area (Å²) in [5.74, 6) is 12.8. The molecular formula is C77H95N3O5. The van der Waals surface area contributed by atoms with E-state index in [0.717, 1.165) is 56.3 Å². The highest BCUT2D eigenvalue weighted by Gasteiger charge is 2.94. The molecule has 20 unspecified atom stereocenters. The highest BCUT2D eigenvalue weighted by molar-refractivity contribution is 6.00. The van der Waals surface area contributed by atoms with Crippen molar-refractivity contribution in [2.45, 2.75) is 229 Å². The molecule has 1 aromatic carbocycles. The number of carbonyl (C=O) groups excluding carboxylic acids is 2. The minimum absolute atomic E-state index is 0.0325. The standard InChI is InChI=1S/C77H95N3O5/c78-35-10-15-45-12-6-19-57-64(45)69(82)85-77(57)62-38-46(49-14-8-28-71(40-49)26-1-2-27-71)21-23-55-54-18-5-13-47-36-48-22-24-59-50-37-51-44-80(59)67(48)65(63(47)54)56-25-34-75(77)68(84-70(83)76(62,75)66(55)56)61(81)39-60-52-41-72(29-3-4-30-72)74(42-52)33-11-32-73(74)31-9-17-53(73)16-7-20-58(51)79(60)43-50/h5-6,12,18-19,21,23,46-47,49-55,58-60,62-63,65,81H,1-4,8-11,13-15,17,20,22,24-44,78H2. The van der Waals surface area contributed by atoms with Crippen molar-refractivity contribution in [2.75, 3.05) is 19.6 Å². The van der Waals surface area contributed by atoms with Crippen LogP contribution in [0.1, 0.15) is 221 Å². The maximum atomic E-state index is 17.3. The topological polar surface area (TPSA) is 105 Å². The number of carbonyl (C=O) groups is 2. The number of hydrogen-bond donors (Lipinski definition) is 2. The highest BCUT2D eigenvalue weighted by Crippen LogP contribution is 2.89. The average Bonchev–Trinajstić information content (AvgIpc) is 1.54. The Hall–Kier alpha value is -4.06. The summed E-state index contributed by atoms with van der Waals surface area (Å²) in [6, 6.07) is 7.48. The van der Waals surface area contributed by atoms with Crippen LogP contribution in [0, 0.1) is 115 Å². The Bertz CT molecular complexity index is 3350. The fourth-order valence-electron chi connectivity index (χ4n) is 29.5. The fourth-order valence-corrected chi connectivity index (χ4v) is 29.5. The van der Waals surface area contributed by atoms with E-state index >= 15 is 9.59 Å². The quantitative estimate of drug-likeness (QED) is 0.175. The Morgan fingerprint density at radius 3 is 2.51 bits per heavy atom. The first-order chi connectivity index (χ1) is 41.6. The molecule has 0 aromatic heterocycles. The lowest BCUT2D eigenvalue weighted by Gasteiger charge is -2.73. The second-order valence-corrected chi connectivity index (χ2v) is 33.6. The molecule has 12 aliphatic carbocycles. The predicted octanol–water partition coefficient (Wildman–Crippen LogP) is 14.9. The number of ether oxygens (including phenoxy) is 2. The Balaban J connectivity index is 0.859. The third-order valence-electron chi connectivity index (χ3n) is 31.7. The lowest BCUT2D eigenvalue weighted by molar-refractivity contribution is -0.283. The molecule has 7 saturated carbocycles. The SMILES string of the molecule is NCCCc1cccc2c1C(=O)OC21C2CC(C3CCCC4(CCCC4)C3)C=CC3C4=C5CCC16C(=C(O)CC1C7CC8(CCCC8)C8(CCCC89CCCC9C#CCC8C9CC(CN81)C1CCC8=C(C5C5C(CC=CC35)C8)N1C9)C7)OC(=O)C426. The first kappa shape index (κ1) is 51.8. The van der Waals surface area contributed by atoms with E-state index in [0.29, 0.717) is 113 Å². The molecule has 7 spiro atoms. The normalized spacial score (nSPS) is 48.9. The molecule has 1 aromatic rings. The summed E-state index contributed by atoms with van der Waals surface area (Å²) in [5.41, 5.74) is 13.3. The summed E-state index contributed by atoms with van der Waals surface area (Å²) in [6.45, 7) is 2.72. The lowest BCUT2D eigenvalue weighted by Crippen LogP contribution is -2.78. The van der Waals surface area contributed by atoms with Crippen LogP contribution in [0.4, 0.5) is 0 Å². The maximum Gasteiger partial charge on any atom is 0.339 e. The molecule has 10 bridgehead atoms. The van der Waals surface area contributed by atoms with Crippen molar-refractivity contribution in [3.05, 3.63) is 93.1 Å². The van der Waals surface area contributed by atoms with Gasteiger partial charge in [-0.25, -0.2) is 4.79 Å². The number of aryl methyl sites for hydroxylation is 1. The summed E-state index contributed by atoms with van der Waals surface area (Å²) in [7, 11) is 0. The zero-order valence-corrected chi connectivity index (χ0v) is 51.0. The van der Waals surface area contributed by atoms with E-state index in [4.69, 9.17) is 15.2 Å². The molecule has 20 rings (SSSR count). The summed E-state index contributed by atoms with van der Waals surface area (Å²) in [4.78, 5) is 39.2. The fraction of sp³-hybridized carbons (Fsp3) is 0.740. The van der Waals surface area contributed by atoms with Gasteiger partial charge in [-0.15, -0.1) is 5.92 Å². The lowest BCUT2D eigenvalue weighted by atomic mass is 9.27. The van der Waals surface area contributed by atoms with Crippen molar-refractivity contribution in [3.63, 3.8) is 0 Å². The van der Waals surface area contributed by atoms with Crippen LogP contribution in [0.25, 0.3) is 0 Å². The van der Waals surface area contributed by atoms with Crippen LogP contribution in [-0.4, -0.2) is 64.6 Å². The van der Waals surface area contributed by atoms with Crippen LogP contribution in [0.15, 0.2) is 76.4 Å². The van der Waals surface area contributed by atoms with Gasteiger partial charge < -0.3 is 25.2 Å². The number of nitrogens with two attached hydrogens (primary N) is 1. The molecule has 3 saturated heterocycles. The molecule has 8 nitrogen and oxygen atoms in total. The van der Waals surface area contributed by atoms with Crippen molar-refractivity contribution in [1.29, 1.82) is 0 Å². The second-order valence-electron chi connectivity index (χ2n) is 33.6. The van der Waals surface area contributed by atoms with Gasteiger partial charge in [-0.2, -0.15) is 0 Å². The van der Waals surface area contributed by atoms with E-state index < -0.39 is 16.4 Å². The molecular weight excluding hydrogens is 1050 g/mol. The van der Waals surface area contributed by atoms with E-state index in [9.17, 15) is 5.11 Å². The van der Waals surface area contributed by atoms with E-state index in [1.165, 1.54) is 160 Å². The number of fused-ring (bicyclic) bond motifs is 9. The maximum absolute atomic E-state index is 17.3. The summed E-state index contributed by atoms with van der Waals surface area (Å²) >= 11 is 0. The number of hydrogen-bond acceptors (Lipinski definition) is 8. The Morgan fingerprint density at radius 2 is 1.61 bits per heavy atom. The number of aliphatic hydroxyl groups is 1. The van der Waals surface area contributed by atoms with Gasteiger partial charge in [0, 0.05) is 79.0 Å². The van der Waals surface area contributed by atoms with Crippen molar-refractivity contribution >= 4 is 11.9 Å². The highest BCUT2D eigenvalue weighted by atomic mass is 16.6. The van der Waals surface area contributed by atoms with Gasteiger partial charge in [0.2, 0.25) is 0 Å². The van der Waals surface area contributed by atoms with Gasteiger partial charge in [-0.3, -0.25) is 9.69 Å². The van der Waals surface area contributed by atoms with Gasteiger partial charge in [0.25, 0.3) is 0 Å². The zero-order chi connectivity index (χ0) is 56.2. The number of rotatable bonds is 4. The van der Waals surface area contributed by atoms with Crippen LogP contribution in [-0.2, 0) is 26.3 Å². The smallest absolute Gasteiger partial charge is 0.339 e. The van der Waals surface area contributed by atoms with E-state index in [2.05, 4.69) is 64.1 Å². The minimum Gasteiger partial charge on any atom is -0.509 e. The Kier molecular flexibility index (Phi) is 10.8. The van der Waals surface area contributed by atoms with Crippen LogP contribution in [0.3, 0.4) is 0 Å². The van der Waals surface area contributed by atoms with Gasteiger partial charge in [-0.1, -0.05) is 105 Å². The van der Waals surface area contributed by atoms with Gasteiger partial charge in [0.1, 0.15) is 11.2 Å². The van der Waals surface area contributed by atoms with Crippen LogP contribution in [0.2, 0.25) is 0 Å². The first-order valence-electron chi connectivity index (χ1n) is 36.1. The largest absolute Gasteiger partial charge is 0.509 e. The van der Waals surface area contributed by atoms with Crippen molar-refractivity contribution in [3.8, 4) is 11.8 Å². The van der Waals surface area contributed by atoms with E-state index in [1.807, 2.05) is 0 Å². The monoisotopic (exact) mass is 1140 g/mol. The third kappa shape index (κ3) is 6.02. The van der Waals surface area contributed by atoms with Crippen molar-refractivity contribution in [2.24, 2.45) is 109 Å². The number of piperidine rings is 2. The molecule has 0 radical (unpaired) electrons. The van der Waals surface area contributed by atoms with Crippen LogP contribution in [0.5, 0.6) is 0 Å². The van der Waals surface area contributed by atoms with E-state index in [-0.39, 0.29) is 53.0 Å². The average molecular weight is 1140 g/mol. The third-order valence-corrected chi connectivity index (χ3v) is 31.7. The molecule has 8 heteroatoms. The van der Waals surface area contributed by atoms with Crippen LogP contribution < -0.4 is 5.73 Å². The number of aliphatic hydroxyl groups excluding tert-OH is 1. The van der Waals surface area contributed by atoms with Crippen molar-refractivity contribution in [1.82, 2.24) is 9.80 Å². The van der Waals surface area contributed by atoms with Gasteiger partial charge in [-0.05, 0) is 234 Å². The molecule has 10 fully saturated rings. The van der Waals surface area contributed by atoms with Gasteiger partial charge >= 0.3 is 11.9 Å². The number of benzene rings is 1. The molecule has 7 heterocycles. The van der Waals surface area contributed by atoms with E-state index in [1.54, 1.807) is 16.8 Å². The van der Waals surface area contributed by atoms with Crippen LogP contribution >= 0.6 is 0 Å². The molecule has 448 valence electrons. The molecule has 85 heavy (non-hydrogen) atoms. The zero-order valence-electron chi connectivity index (χ0n) is 51.0. The second kappa shape index (κ2) is 17.7. The Labute approximate surface area is 506 Å². The summed E-state index contributed by atoms with van der Waals surface area (Å²) in [5, 5.41) is 14.5. The minimum atomic E-state index is -1.19. The van der Waals surface area contributed by atoms with Gasteiger partial charge in [0.05, 0.1) is 11.0 Å². The number of esters is 2.